The van der Waals surface area contributed by atoms with Crippen molar-refractivity contribution in [2.75, 3.05) is 11.1 Å². The van der Waals surface area contributed by atoms with E-state index in [1.807, 2.05) is 25.1 Å². The zero-order valence-corrected chi connectivity index (χ0v) is 15.0. The molecule has 0 saturated heterocycles. The number of thioether (sulfide) groups is 1. The molecule has 3 aromatic rings. The van der Waals surface area contributed by atoms with Crippen LogP contribution in [-0.4, -0.2) is 37.0 Å². The van der Waals surface area contributed by atoms with Crippen LogP contribution in [0, 0.1) is 20.8 Å². The highest BCUT2D eigenvalue weighted by molar-refractivity contribution is 7.99. The topological polar surface area (TPSA) is 98.7 Å². The molecule has 1 amide bonds. The molecule has 0 aliphatic rings. The summed E-state index contributed by atoms with van der Waals surface area (Å²) in [5.41, 5.74) is 3.29. The summed E-state index contributed by atoms with van der Waals surface area (Å²) in [6, 6.07) is 7.72. The summed E-state index contributed by atoms with van der Waals surface area (Å²) in [7, 11) is 0. The fourth-order valence-corrected chi connectivity index (χ4v) is 2.98. The molecule has 0 radical (unpaired) electrons. The van der Waals surface area contributed by atoms with Crippen molar-refractivity contribution in [2.24, 2.45) is 0 Å². The Labute approximate surface area is 149 Å². The number of rotatable bonds is 6. The van der Waals surface area contributed by atoms with Gasteiger partial charge in [0.25, 0.3) is 0 Å². The van der Waals surface area contributed by atoms with E-state index < -0.39 is 0 Å². The highest BCUT2D eigenvalue weighted by Crippen LogP contribution is 2.21. The Morgan fingerprint density at radius 1 is 1.24 bits per heavy atom. The Balaban J connectivity index is 1.58. The van der Waals surface area contributed by atoms with E-state index in [1.54, 1.807) is 17.7 Å². The number of carbonyl (C=O) groups is 1. The van der Waals surface area contributed by atoms with Gasteiger partial charge in [-0.3, -0.25) is 4.79 Å². The third-order valence-corrected chi connectivity index (χ3v) is 4.55. The molecule has 8 nitrogen and oxygen atoms in total. The molecule has 2 heterocycles. The highest BCUT2D eigenvalue weighted by Gasteiger charge is 2.11. The van der Waals surface area contributed by atoms with Crippen LogP contribution in [0.3, 0.4) is 0 Å². The quantitative estimate of drug-likeness (QED) is 0.676. The predicted octanol–water partition coefficient (Wildman–Crippen LogP) is 2.70. The molecule has 25 heavy (non-hydrogen) atoms. The first-order valence-electron chi connectivity index (χ1n) is 7.75. The van der Waals surface area contributed by atoms with Crippen molar-refractivity contribution in [3.8, 4) is 5.69 Å². The van der Waals surface area contributed by atoms with E-state index in [-0.39, 0.29) is 5.91 Å². The number of aryl methyl sites for hydroxylation is 3. The minimum absolute atomic E-state index is 0.133. The van der Waals surface area contributed by atoms with Crippen LogP contribution in [-0.2, 0) is 4.79 Å². The van der Waals surface area contributed by atoms with Gasteiger partial charge in [0, 0.05) is 18.2 Å². The van der Waals surface area contributed by atoms with Crippen LogP contribution < -0.4 is 5.32 Å². The monoisotopic (exact) mass is 358 g/mol. The van der Waals surface area contributed by atoms with E-state index in [9.17, 15) is 4.79 Å². The van der Waals surface area contributed by atoms with Crippen LogP contribution in [0.25, 0.3) is 5.69 Å². The number of hydrogen-bond donors (Lipinski definition) is 1. The maximum Gasteiger partial charge on any atom is 0.226 e. The normalized spacial score (nSPS) is 10.8. The molecule has 0 spiro atoms. The van der Waals surface area contributed by atoms with E-state index in [2.05, 4.69) is 32.9 Å². The van der Waals surface area contributed by atoms with Crippen molar-refractivity contribution in [3.05, 3.63) is 41.2 Å². The van der Waals surface area contributed by atoms with Crippen molar-refractivity contribution in [1.29, 1.82) is 0 Å². The molecule has 0 aliphatic heterocycles. The maximum absolute atomic E-state index is 11.9. The molecule has 1 N–H and O–H groups in total. The number of anilines is 1. The summed E-state index contributed by atoms with van der Waals surface area (Å²) in [6.45, 7) is 5.88. The number of hydrogen-bond acceptors (Lipinski definition) is 7. The first-order valence-corrected chi connectivity index (χ1v) is 8.73. The number of nitrogens with zero attached hydrogens (tertiary/aromatic N) is 5. The number of tetrazole rings is 1. The Bertz CT molecular complexity index is 888. The average molecular weight is 358 g/mol. The molecule has 2 aromatic heterocycles. The summed E-state index contributed by atoms with van der Waals surface area (Å²) in [4.78, 5) is 11.9. The second-order valence-electron chi connectivity index (χ2n) is 5.61. The Hall–Kier alpha value is -2.68. The molecule has 0 fully saturated rings. The molecular formula is C16H18N6O2S. The van der Waals surface area contributed by atoms with Crippen LogP contribution in [0.1, 0.15) is 23.3 Å². The van der Waals surface area contributed by atoms with Gasteiger partial charge in [0.1, 0.15) is 5.76 Å². The van der Waals surface area contributed by atoms with Gasteiger partial charge in [-0.1, -0.05) is 23.0 Å². The van der Waals surface area contributed by atoms with Gasteiger partial charge in [-0.2, -0.15) is 4.68 Å². The third-order valence-electron chi connectivity index (χ3n) is 3.63. The van der Waals surface area contributed by atoms with Gasteiger partial charge < -0.3 is 9.84 Å². The molecule has 3 rings (SSSR count). The minimum atomic E-state index is -0.133. The zero-order valence-electron chi connectivity index (χ0n) is 14.2. The fourth-order valence-electron chi connectivity index (χ4n) is 2.15. The van der Waals surface area contributed by atoms with E-state index in [1.165, 1.54) is 22.9 Å². The van der Waals surface area contributed by atoms with Crippen molar-refractivity contribution in [3.63, 3.8) is 0 Å². The number of nitrogens with one attached hydrogen (secondary N) is 1. The molecule has 0 aliphatic carbocycles. The van der Waals surface area contributed by atoms with Crippen LogP contribution in [0.4, 0.5) is 5.82 Å². The Kier molecular flexibility index (Phi) is 5.13. The van der Waals surface area contributed by atoms with E-state index in [4.69, 9.17) is 4.52 Å². The van der Waals surface area contributed by atoms with Crippen molar-refractivity contribution in [2.45, 2.75) is 32.3 Å². The predicted molar refractivity (Wildman–Crippen MR) is 93.8 cm³/mol. The molecular weight excluding hydrogens is 340 g/mol. The average Bonchev–Trinajstić information content (AvgIpc) is 3.19. The number of aromatic nitrogens is 5. The molecule has 1 aromatic carbocycles. The van der Waals surface area contributed by atoms with Gasteiger partial charge >= 0.3 is 0 Å². The highest BCUT2D eigenvalue weighted by atomic mass is 32.2. The SMILES string of the molecule is Cc1cc(NC(=O)CCSc2nnnn2-c2ccc(C)c(C)c2)no1. The summed E-state index contributed by atoms with van der Waals surface area (Å²) in [5.74, 6) is 1.49. The lowest BCUT2D eigenvalue weighted by atomic mass is 10.1. The lowest BCUT2D eigenvalue weighted by Crippen LogP contribution is -2.12. The summed E-state index contributed by atoms with van der Waals surface area (Å²) < 4.78 is 6.59. The second-order valence-corrected chi connectivity index (χ2v) is 6.67. The first kappa shape index (κ1) is 17.2. The van der Waals surface area contributed by atoms with E-state index in [0.717, 1.165) is 5.69 Å². The van der Waals surface area contributed by atoms with Crippen LogP contribution in [0.15, 0.2) is 33.9 Å². The number of carbonyl (C=O) groups excluding carboxylic acids is 1. The lowest BCUT2D eigenvalue weighted by molar-refractivity contribution is -0.115. The molecule has 0 bridgehead atoms. The van der Waals surface area contributed by atoms with E-state index >= 15 is 0 Å². The van der Waals surface area contributed by atoms with Gasteiger partial charge in [-0.05, 0) is 54.5 Å². The Morgan fingerprint density at radius 3 is 2.80 bits per heavy atom. The lowest BCUT2D eigenvalue weighted by Gasteiger charge is -2.07. The van der Waals surface area contributed by atoms with Crippen LogP contribution in [0.5, 0.6) is 0 Å². The van der Waals surface area contributed by atoms with Gasteiger partial charge in [0.2, 0.25) is 11.1 Å². The van der Waals surface area contributed by atoms with Crippen molar-refractivity contribution >= 4 is 23.5 Å². The zero-order chi connectivity index (χ0) is 17.8. The van der Waals surface area contributed by atoms with Gasteiger partial charge in [-0.15, -0.1) is 5.10 Å². The standard InChI is InChI=1S/C16H18N6O2S/c1-10-4-5-13(8-11(10)2)22-16(18-20-21-22)25-7-6-15(23)17-14-9-12(3)24-19-14/h4-5,8-9H,6-7H2,1-3H3,(H,17,19,23). The van der Waals surface area contributed by atoms with Crippen LogP contribution in [0.2, 0.25) is 0 Å². The molecule has 9 heteroatoms. The fraction of sp³-hybridized carbons (Fsp3) is 0.312. The minimum Gasteiger partial charge on any atom is -0.360 e. The largest absolute Gasteiger partial charge is 0.360 e. The second kappa shape index (κ2) is 7.47. The van der Waals surface area contributed by atoms with Gasteiger partial charge in [0.05, 0.1) is 5.69 Å². The van der Waals surface area contributed by atoms with Crippen LogP contribution >= 0.6 is 11.8 Å². The Morgan fingerprint density at radius 2 is 2.08 bits per heavy atom. The molecule has 0 unspecified atom stereocenters. The number of benzene rings is 1. The van der Waals surface area contributed by atoms with Gasteiger partial charge in [0.15, 0.2) is 5.82 Å². The molecule has 130 valence electrons. The van der Waals surface area contributed by atoms with Crippen molar-refractivity contribution in [1.82, 2.24) is 25.4 Å². The smallest absolute Gasteiger partial charge is 0.226 e. The maximum atomic E-state index is 11.9. The van der Waals surface area contributed by atoms with Crippen molar-refractivity contribution < 1.29 is 9.32 Å². The summed E-state index contributed by atoms with van der Waals surface area (Å²) in [5, 5.41) is 18.9. The summed E-state index contributed by atoms with van der Waals surface area (Å²) in [6.07, 6.45) is 0.316. The molecule has 0 saturated carbocycles. The van der Waals surface area contributed by atoms with E-state index in [0.29, 0.717) is 28.9 Å². The first-order chi connectivity index (χ1) is 12.0. The third kappa shape index (κ3) is 4.24. The molecule has 0 atom stereocenters. The van der Waals surface area contributed by atoms with Gasteiger partial charge in [-0.25, -0.2) is 0 Å². The summed E-state index contributed by atoms with van der Waals surface area (Å²) >= 11 is 1.42. The number of amides is 1.